The van der Waals surface area contributed by atoms with Crippen LogP contribution in [0.15, 0.2) is 16.7 Å². The molecule has 1 saturated carbocycles. The highest BCUT2D eigenvalue weighted by Crippen LogP contribution is 2.42. The fourth-order valence-electron chi connectivity index (χ4n) is 2.21. The lowest BCUT2D eigenvalue weighted by Gasteiger charge is -2.28. The number of amides is 1. The van der Waals surface area contributed by atoms with Gasteiger partial charge in [-0.3, -0.25) is 4.79 Å². The number of nitrogens with one attached hydrogen (secondary N) is 1. The van der Waals surface area contributed by atoms with Crippen molar-refractivity contribution in [2.75, 3.05) is 0 Å². The average Bonchev–Trinajstić information content (AvgIpc) is 3.10. The summed E-state index contributed by atoms with van der Waals surface area (Å²) in [6, 6.07) is 0.0415. The van der Waals surface area contributed by atoms with Crippen LogP contribution in [0.1, 0.15) is 48.7 Å². The second-order valence-corrected chi connectivity index (χ2v) is 5.70. The molecule has 1 aliphatic carbocycles. The molecule has 0 spiro atoms. The molecule has 1 aromatic heterocycles. The maximum absolute atomic E-state index is 12.7. The van der Waals surface area contributed by atoms with E-state index in [0.717, 1.165) is 12.8 Å². The molecule has 1 aliphatic rings. The molecule has 118 valence electrons. The monoisotopic (exact) mass is 305 g/mol. The van der Waals surface area contributed by atoms with Gasteiger partial charge < -0.3 is 14.8 Å². The Bertz CT molecular complexity index is 506. The van der Waals surface area contributed by atoms with Crippen molar-refractivity contribution >= 4 is 5.91 Å². The van der Waals surface area contributed by atoms with E-state index in [1.165, 1.54) is 26.2 Å². The van der Waals surface area contributed by atoms with Crippen LogP contribution in [0, 0.1) is 5.92 Å². The third-order valence-corrected chi connectivity index (χ3v) is 3.58. The van der Waals surface area contributed by atoms with Crippen molar-refractivity contribution in [1.82, 2.24) is 5.32 Å². The lowest BCUT2D eigenvalue weighted by Crippen LogP contribution is -2.52. The van der Waals surface area contributed by atoms with Gasteiger partial charge in [0, 0.05) is 5.92 Å². The predicted octanol–water partition coefficient (Wildman–Crippen LogP) is 2.83. The number of carbonyl (C=O) groups excluding carboxylic acids is 1. The minimum atomic E-state index is -4.78. The van der Waals surface area contributed by atoms with Crippen LogP contribution in [0.5, 0.6) is 0 Å². The molecule has 0 radical (unpaired) electrons. The summed E-state index contributed by atoms with van der Waals surface area (Å²) < 4.78 is 43.2. The van der Waals surface area contributed by atoms with E-state index in [0.29, 0.717) is 5.76 Å². The van der Waals surface area contributed by atoms with Gasteiger partial charge in [0.25, 0.3) is 5.91 Å². The van der Waals surface area contributed by atoms with Crippen LogP contribution in [0.25, 0.3) is 0 Å². The van der Waals surface area contributed by atoms with Gasteiger partial charge in [-0.1, -0.05) is 13.8 Å². The second-order valence-electron chi connectivity index (χ2n) is 5.70. The molecule has 1 fully saturated rings. The minimum absolute atomic E-state index is 0.172. The van der Waals surface area contributed by atoms with Crippen LogP contribution in [-0.4, -0.2) is 29.3 Å². The number of hydrogen-bond donors (Lipinski definition) is 2. The number of carbonyl (C=O) groups is 1. The summed E-state index contributed by atoms with van der Waals surface area (Å²) in [5.74, 6) is -0.531. The van der Waals surface area contributed by atoms with Gasteiger partial charge in [-0.25, -0.2) is 0 Å². The first kappa shape index (κ1) is 15.9. The Morgan fingerprint density at radius 3 is 2.52 bits per heavy atom. The minimum Gasteiger partial charge on any atom is -0.468 e. The van der Waals surface area contributed by atoms with Gasteiger partial charge >= 0.3 is 6.18 Å². The zero-order valence-electron chi connectivity index (χ0n) is 11.8. The van der Waals surface area contributed by atoms with Crippen LogP contribution in [0.3, 0.4) is 0 Å². The highest BCUT2D eigenvalue weighted by molar-refractivity contribution is 5.95. The fourth-order valence-corrected chi connectivity index (χ4v) is 2.21. The van der Waals surface area contributed by atoms with E-state index in [-0.39, 0.29) is 11.5 Å². The standard InChI is InChI=1S/C14H18F3NO3/c1-7(2)10(12(19)14(15,16)17)18-13(20)9-5-6-21-11(9)8-3-4-8/h5-8,10,12,19H,3-4H2,1-2H3,(H,18,20)/t10-,12-/m0/s1. The third-order valence-electron chi connectivity index (χ3n) is 3.58. The Morgan fingerprint density at radius 1 is 1.43 bits per heavy atom. The molecule has 7 heteroatoms. The zero-order chi connectivity index (χ0) is 15.8. The van der Waals surface area contributed by atoms with Crippen molar-refractivity contribution in [3.63, 3.8) is 0 Å². The Labute approximate surface area is 120 Å². The maximum atomic E-state index is 12.7. The first-order chi connectivity index (χ1) is 9.71. The summed E-state index contributed by atoms with van der Waals surface area (Å²) >= 11 is 0. The van der Waals surface area contributed by atoms with Crippen LogP contribution in [0.4, 0.5) is 13.2 Å². The number of alkyl halides is 3. The second kappa shape index (κ2) is 5.71. The maximum Gasteiger partial charge on any atom is 0.416 e. The molecule has 2 N–H and O–H groups in total. The molecule has 0 saturated heterocycles. The van der Waals surface area contributed by atoms with Crippen molar-refractivity contribution in [2.24, 2.45) is 5.92 Å². The predicted molar refractivity (Wildman–Crippen MR) is 68.8 cm³/mol. The van der Waals surface area contributed by atoms with E-state index in [4.69, 9.17) is 4.42 Å². The first-order valence-corrected chi connectivity index (χ1v) is 6.84. The molecule has 2 rings (SSSR count). The van der Waals surface area contributed by atoms with E-state index in [9.17, 15) is 23.1 Å². The number of halogens is 3. The van der Waals surface area contributed by atoms with Crippen molar-refractivity contribution in [1.29, 1.82) is 0 Å². The van der Waals surface area contributed by atoms with Crippen molar-refractivity contribution in [3.05, 3.63) is 23.7 Å². The molecule has 0 aliphatic heterocycles. The fraction of sp³-hybridized carbons (Fsp3) is 0.643. The van der Waals surface area contributed by atoms with E-state index in [1.807, 2.05) is 0 Å². The number of hydrogen-bond acceptors (Lipinski definition) is 3. The molecule has 0 bridgehead atoms. The lowest BCUT2D eigenvalue weighted by molar-refractivity contribution is -0.214. The summed E-state index contributed by atoms with van der Waals surface area (Å²) in [6.07, 6.45) is -4.21. The summed E-state index contributed by atoms with van der Waals surface area (Å²) in [5.41, 5.74) is 0.248. The van der Waals surface area contributed by atoms with Gasteiger partial charge in [0.2, 0.25) is 0 Å². The van der Waals surface area contributed by atoms with Crippen LogP contribution in [0.2, 0.25) is 0 Å². The van der Waals surface area contributed by atoms with Gasteiger partial charge in [0.05, 0.1) is 17.9 Å². The molecule has 1 amide bonds. The van der Waals surface area contributed by atoms with Gasteiger partial charge in [0.1, 0.15) is 5.76 Å². The number of aliphatic hydroxyl groups excluding tert-OH is 1. The van der Waals surface area contributed by atoms with Gasteiger partial charge in [-0.15, -0.1) is 0 Å². The van der Waals surface area contributed by atoms with E-state index >= 15 is 0 Å². The Balaban J connectivity index is 2.13. The molecular weight excluding hydrogens is 287 g/mol. The highest BCUT2D eigenvalue weighted by atomic mass is 19.4. The molecule has 21 heavy (non-hydrogen) atoms. The van der Waals surface area contributed by atoms with Crippen LogP contribution >= 0.6 is 0 Å². The quantitative estimate of drug-likeness (QED) is 0.879. The SMILES string of the molecule is CC(C)[C@H](NC(=O)c1ccoc1C1CC1)[C@H](O)C(F)(F)F. The van der Waals surface area contributed by atoms with Crippen LogP contribution < -0.4 is 5.32 Å². The summed E-state index contributed by atoms with van der Waals surface area (Å²) in [4.78, 5) is 12.2. The average molecular weight is 305 g/mol. The summed E-state index contributed by atoms with van der Waals surface area (Å²) in [7, 11) is 0. The van der Waals surface area contributed by atoms with Crippen molar-refractivity contribution in [3.8, 4) is 0 Å². The summed E-state index contributed by atoms with van der Waals surface area (Å²) in [5, 5.41) is 11.7. The topological polar surface area (TPSA) is 62.5 Å². The Kier molecular flexibility index (Phi) is 4.32. The summed E-state index contributed by atoms with van der Waals surface area (Å²) in [6.45, 7) is 3.02. The number of aliphatic hydroxyl groups is 1. The lowest BCUT2D eigenvalue weighted by atomic mass is 9.97. The zero-order valence-corrected chi connectivity index (χ0v) is 11.8. The van der Waals surface area contributed by atoms with Gasteiger partial charge in [0.15, 0.2) is 6.10 Å². The van der Waals surface area contributed by atoms with Gasteiger partial charge in [-0.05, 0) is 24.8 Å². The van der Waals surface area contributed by atoms with Crippen molar-refractivity contribution < 1.29 is 27.5 Å². The molecule has 1 heterocycles. The van der Waals surface area contributed by atoms with Crippen molar-refractivity contribution in [2.45, 2.75) is 50.9 Å². The third kappa shape index (κ3) is 3.58. The molecule has 4 nitrogen and oxygen atoms in total. The van der Waals surface area contributed by atoms with E-state index < -0.39 is 30.1 Å². The first-order valence-electron chi connectivity index (χ1n) is 6.84. The Hall–Kier alpha value is -1.50. The number of furan rings is 1. The largest absolute Gasteiger partial charge is 0.468 e. The highest BCUT2D eigenvalue weighted by Gasteiger charge is 2.45. The molecular formula is C14H18F3NO3. The molecule has 0 aromatic carbocycles. The van der Waals surface area contributed by atoms with E-state index in [1.54, 1.807) is 0 Å². The van der Waals surface area contributed by atoms with Gasteiger partial charge in [-0.2, -0.15) is 13.2 Å². The van der Waals surface area contributed by atoms with Crippen LogP contribution in [-0.2, 0) is 0 Å². The molecule has 0 unspecified atom stereocenters. The Morgan fingerprint density at radius 2 is 2.05 bits per heavy atom. The van der Waals surface area contributed by atoms with E-state index in [2.05, 4.69) is 5.32 Å². The smallest absolute Gasteiger partial charge is 0.416 e. The molecule has 2 atom stereocenters. The number of rotatable bonds is 5. The normalized spacial score (nSPS) is 18.6. The molecule has 1 aromatic rings.